The molecule has 0 aliphatic carbocycles. The van der Waals surface area contributed by atoms with Crippen LogP contribution in [0.2, 0.25) is 0 Å². The maximum atomic E-state index is 3.53. The molecule has 0 saturated carbocycles. The van der Waals surface area contributed by atoms with Crippen molar-refractivity contribution in [1.29, 1.82) is 0 Å². The molecule has 0 amide bonds. The standard InChI is InChI=1S/C12H16BrN/c1-9(10(2)14-3)8-11-6-4-5-7-12(11)13/h4-8,10,14H,1-3H3/b9-8+. The second-order valence-corrected chi connectivity index (χ2v) is 4.27. The van der Waals surface area contributed by atoms with E-state index < -0.39 is 0 Å². The van der Waals surface area contributed by atoms with Crippen LogP contribution in [0.25, 0.3) is 6.08 Å². The SMILES string of the molecule is CNC(C)/C(C)=C/c1ccccc1Br. The predicted octanol–water partition coefficient (Wildman–Crippen LogP) is 3.46. The minimum absolute atomic E-state index is 0.419. The van der Waals surface area contributed by atoms with Crippen LogP contribution < -0.4 is 5.32 Å². The fourth-order valence-corrected chi connectivity index (χ4v) is 1.59. The molecule has 1 unspecified atom stereocenters. The Morgan fingerprint density at radius 2 is 2.07 bits per heavy atom. The van der Waals surface area contributed by atoms with Crippen LogP contribution in [-0.4, -0.2) is 13.1 Å². The Labute approximate surface area is 94.3 Å². The van der Waals surface area contributed by atoms with E-state index in [0.717, 1.165) is 4.47 Å². The second kappa shape index (κ2) is 5.32. The van der Waals surface area contributed by atoms with Crippen LogP contribution in [-0.2, 0) is 0 Å². The largest absolute Gasteiger partial charge is 0.314 e. The predicted molar refractivity (Wildman–Crippen MR) is 66.3 cm³/mol. The van der Waals surface area contributed by atoms with E-state index in [2.05, 4.69) is 53.3 Å². The van der Waals surface area contributed by atoms with Gasteiger partial charge in [-0.2, -0.15) is 0 Å². The van der Waals surface area contributed by atoms with Crippen molar-refractivity contribution in [3.8, 4) is 0 Å². The molecular weight excluding hydrogens is 238 g/mol. The molecule has 0 heterocycles. The van der Waals surface area contributed by atoms with Gasteiger partial charge >= 0.3 is 0 Å². The summed E-state index contributed by atoms with van der Waals surface area (Å²) in [6, 6.07) is 8.66. The highest BCUT2D eigenvalue weighted by molar-refractivity contribution is 9.10. The number of halogens is 1. The molecular formula is C12H16BrN. The number of benzene rings is 1. The number of rotatable bonds is 3. The van der Waals surface area contributed by atoms with E-state index in [-0.39, 0.29) is 0 Å². The Kier molecular flexibility index (Phi) is 4.36. The first-order chi connectivity index (χ1) is 6.65. The summed E-state index contributed by atoms with van der Waals surface area (Å²) in [5, 5.41) is 3.22. The Bertz CT molecular complexity index is 331. The van der Waals surface area contributed by atoms with E-state index >= 15 is 0 Å². The first-order valence-corrected chi connectivity index (χ1v) is 5.54. The summed E-state index contributed by atoms with van der Waals surface area (Å²) < 4.78 is 1.14. The van der Waals surface area contributed by atoms with Gasteiger partial charge in [-0.3, -0.25) is 0 Å². The maximum Gasteiger partial charge on any atom is 0.0248 e. The van der Waals surface area contributed by atoms with Crippen molar-refractivity contribution in [1.82, 2.24) is 5.32 Å². The lowest BCUT2D eigenvalue weighted by molar-refractivity contribution is 0.696. The fraction of sp³-hybridized carbons (Fsp3) is 0.333. The Balaban J connectivity index is 2.91. The van der Waals surface area contributed by atoms with Crippen molar-refractivity contribution in [2.75, 3.05) is 7.05 Å². The van der Waals surface area contributed by atoms with Gasteiger partial charge in [-0.05, 0) is 32.5 Å². The zero-order valence-electron chi connectivity index (χ0n) is 8.84. The summed E-state index contributed by atoms with van der Waals surface area (Å²) in [7, 11) is 1.97. The van der Waals surface area contributed by atoms with Gasteiger partial charge in [-0.15, -0.1) is 0 Å². The van der Waals surface area contributed by atoms with E-state index in [1.54, 1.807) is 0 Å². The number of likely N-dealkylation sites (N-methyl/N-ethyl adjacent to an activating group) is 1. The minimum atomic E-state index is 0.419. The molecule has 76 valence electrons. The molecule has 14 heavy (non-hydrogen) atoms. The summed E-state index contributed by atoms with van der Waals surface area (Å²) in [6.07, 6.45) is 2.20. The minimum Gasteiger partial charge on any atom is -0.314 e. The third-order valence-corrected chi connectivity index (χ3v) is 3.13. The van der Waals surface area contributed by atoms with Crippen LogP contribution in [0.15, 0.2) is 34.3 Å². The molecule has 2 heteroatoms. The normalized spacial score (nSPS) is 14.1. The van der Waals surface area contributed by atoms with Gasteiger partial charge in [0, 0.05) is 10.5 Å². The molecule has 1 aromatic rings. The highest BCUT2D eigenvalue weighted by Gasteiger charge is 2.01. The molecule has 0 spiro atoms. The fourth-order valence-electron chi connectivity index (χ4n) is 1.19. The molecule has 0 aliphatic rings. The second-order valence-electron chi connectivity index (χ2n) is 3.42. The molecule has 1 nitrogen and oxygen atoms in total. The van der Waals surface area contributed by atoms with Crippen molar-refractivity contribution >= 4 is 22.0 Å². The molecule has 0 aromatic heterocycles. The Morgan fingerprint density at radius 3 is 2.64 bits per heavy atom. The lowest BCUT2D eigenvalue weighted by Gasteiger charge is -2.11. The molecule has 1 rings (SSSR count). The summed E-state index contributed by atoms with van der Waals surface area (Å²) in [4.78, 5) is 0. The summed E-state index contributed by atoms with van der Waals surface area (Å²) in [6.45, 7) is 4.29. The van der Waals surface area contributed by atoms with Crippen molar-refractivity contribution in [3.63, 3.8) is 0 Å². The number of nitrogens with one attached hydrogen (secondary N) is 1. The molecule has 0 radical (unpaired) electrons. The molecule has 1 N–H and O–H groups in total. The van der Waals surface area contributed by atoms with Gasteiger partial charge in [0.05, 0.1) is 0 Å². The summed E-state index contributed by atoms with van der Waals surface area (Å²) in [5.41, 5.74) is 2.56. The highest BCUT2D eigenvalue weighted by atomic mass is 79.9. The van der Waals surface area contributed by atoms with Crippen LogP contribution in [0.5, 0.6) is 0 Å². The van der Waals surface area contributed by atoms with Crippen LogP contribution in [0, 0.1) is 0 Å². The van der Waals surface area contributed by atoms with Gasteiger partial charge in [-0.1, -0.05) is 45.8 Å². The highest BCUT2D eigenvalue weighted by Crippen LogP contribution is 2.19. The van der Waals surface area contributed by atoms with E-state index in [9.17, 15) is 0 Å². The zero-order chi connectivity index (χ0) is 10.6. The maximum absolute atomic E-state index is 3.53. The lowest BCUT2D eigenvalue weighted by Crippen LogP contribution is -2.21. The first-order valence-electron chi connectivity index (χ1n) is 4.75. The number of hydrogen-bond acceptors (Lipinski definition) is 1. The van der Waals surface area contributed by atoms with Crippen molar-refractivity contribution in [2.45, 2.75) is 19.9 Å². The van der Waals surface area contributed by atoms with Crippen LogP contribution in [0.3, 0.4) is 0 Å². The van der Waals surface area contributed by atoms with E-state index in [0.29, 0.717) is 6.04 Å². The van der Waals surface area contributed by atoms with E-state index in [4.69, 9.17) is 0 Å². The average molecular weight is 254 g/mol. The van der Waals surface area contributed by atoms with Crippen molar-refractivity contribution < 1.29 is 0 Å². The van der Waals surface area contributed by atoms with Gasteiger partial charge in [-0.25, -0.2) is 0 Å². The lowest BCUT2D eigenvalue weighted by atomic mass is 10.1. The molecule has 0 fully saturated rings. The van der Waals surface area contributed by atoms with Gasteiger partial charge in [0.2, 0.25) is 0 Å². The molecule has 1 atom stereocenters. The molecule has 0 aliphatic heterocycles. The quantitative estimate of drug-likeness (QED) is 0.871. The topological polar surface area (TPSA) is 12.0 Å². The van der Waals surface area contributed by atoms with Crippen LogP contribution in [0.1, 0.15) is 19.4 Å². The van der Waals surface area contributed by atoms with Crippen molar-refractivity contribution in [3.05, 3.63) is 39.9 Å². The van der Waals surface area contributed by atoms with E-state index in [1.165, 1.54) is 11.1 Å². The molecule has 0 bridgehead atoms. The Hall–Kier alpha value is -0.600. The van der Waals surface area contributed by atoms with Gasteiger partial charge < -0.3 is 5.32 Å². The smallest absolute Gasteiger partial charge is 0.0248 e. The summed E-state index contributed by atoms with van der Waals surface area (Å²) in [5.74, 6) is 0. The Morgan fingerprint density at radius 1 is 1.43 bits per heavy atom. The van der Waals surface area contributed by atoms with Gasteiger partial charge in [0.25, 0.3) is 0 Å². The van der Waals surface area contributed by atoms with Crippen molar-refractivity contribution in [2.24, 2.45) is 0 Å². The monoisotopic (exact) mass is 253 g/mol. The van der Waals surface area contributed by atoms with Gasteiger partial charge in [0.15, 0.2) is 0 Å². The van der Waals surface area contributed by atoms with Crippen LogP contribution >= 0.6 is 15.9 Å². The average Bonchev–Trinajstić information content (AvgIpc) is 2.20. The third kappa shape index (κ3) is 2.96. The van der Waals surface area contributed by atoms with Crippen LogP contribution in [0.4, 0.5) is 0 Å². The molecule has 1 aromatic carbocycles. The van der Waals surface area contributed by atoms with E-state index in [1.807, 2.05) is 19.2 Å². The first kappa shape index (κ1) is 11.5. The van der Waals surface area contributed by atoms with Gasteiger partial charge in [0.1, 0.15) is 0 Å². The zero-order valence-corrected chi connectivity index (χ0v) is 10.4. The third-order valence-electron chi connectivity index (χ3n) is 2.40. The summed E-state index contributed by atoms with van der Waals surface area (Å²) >= 11 is 3.53. The molecule has 0 saturated heterocycles. The number of hydrogen-bond donors (Lipinski definition) is 1.